The lowest BCUT2D eigenvalue weighted by Crippen LogP contribution is -2.45. The Bertz CT molecular complexity index is 737. The fourth-order valence-corrected chi connectivity index (χ4v) is 2.46. The van der Waals surface area contributed by atoms with Crippen LogP contribution in [0, 0.1) is 10.4 Å². The van der Waals surface area contributed by atoms with Crippen molar-refractivity contribution >= 4 is 17.7 Å². The topological polar surface area (TPSA) is 242 Å². The molecule has 1 aromatic rings. The minimum Gasteiger partial charge on any atom is -0.739 e. The van der Waals surface area contributed by atoms with Crippen LogP contribution in [0.25, 0.3) is 0 Å². The summed E-state index contributed by atoms with van der Waals surface area (Å²) in [6.07, 6.45) is -4.21. The lowest BCUT2D eigenvalue weighted by Gasteiger charge is -2.17. The number of nitrogens with zero attached hydrogens (tertiary/aromatic N) is 4. The summed E-state index contributed by atoms with van der Waals surface area (Å²) in [5.41, 5.74) is 5.33. The summed E-state index contributed by atoms with van der Waals surface area (Å²) in [5.74, 6) is -3.02. The van der Waals surface area contributed by atoms with E-state index in [1.165, 1.54) is 0 Å². The van der Waals surface area contributed by atoms with E-state index in [0.29, 0.717) is 0 Å². The fourth-order valence-electron chi connectivity index (χ4n) is 2.46. The Balaban J connectivity index is 2.18. The minimum atomic E-state index is -1.77. The van der Waals surface area contributed by atoms with Crippen LogP contribution < -0.4 is 11.1 Å². The number of aliphatic hydroxyl groups is 3. The molecule has 27 heavy (non-hydrogen) atoms. The zero-order valence-corrected chi connectivity index (χ0v) is 13.6. The highest BCUT2D eigenvalue weighted by Crippen LogP contribution is 2.31. The smallest absolute Gasteiger partial charge is 0.333 e. The number of nitrogens with two attached hydrogens (primary N) is 1. The highest BCUT2D eigenvalue weighted by Gasteiger charge is 2.44. The molecule has 150 valence electrons. The first-order valence-electron chi connectivity index (χ1n) is 7.47. The van der Waals surface area contributed by atoms with E-state index in [0.717, 1.165) is 10.9 Å². The molecule has 0 aromatic carbocycles. The van der Waals surface area contributed by atoms with Gasteiger partial charge in [-0.05, 0) is 5.28 Å². The monoisotopic (exact) mass is 389 g/mol. The maximum Gasteiger partial charge on any atom is 0.333 e. The van der Waals surface area contributed by atoms with E-state index in [1.807, 2.05) is 10.6 Å². The second-order valence-corrected chi connectivity index (χ2v) is 5.60. The summed E-state index contributed by atoms with van der Waals surface area (Å²) in [6, 6.07) is -1.77. The van der Waals surface area contributed by atoms with Crippen molar-refractivity contribution < 1.29 is 39.6 Å². The molecule has 15 heteroatoms. The number of carbonyl (C=O) groups excluding carboxylic acids is 1. The number of carbonyl (C=O) groups is 2. The van der Waals surface area contributed by atoms with Crippen molar-refractivity contribution in [3.63, 3.8) is 0 Å². The number of anilines is 1. The van der Waals surface area contributed by atoms with Crippen LogP contribution in [0.5, 0.6) is 0 Å². The molecular weight excluding hydrogens is 372 g/mol. The zero-order valence-electron chi connectivity index (χ0n) is 13.6. The number of nitrogen functional groups attached to an aromatic ring is 1. The molecule has 1 unspecified atom stereocenters. The Labute approximate surface area is 150 Å². The number of aliphatic carboxylic acids is 1. The van der Waals surface area contributed by atoms with Crippen molar-refractivity contribution in [1.29, 1.82) is 0 Å². The zero-order chi connectivity index (χ0) is 20.3. The van der Waals surface area contributed by atoms with E-state index in [1.54, 1.807) is 0 Å². The molecule has 2 heterocycles. The molecule has 0 aliphatic carbocycles. The van der Waals surface area contributed by atoms with Crippen molar-refractivity contribution in [1.82, 2.24) is 14.9 Å². The molecule has 15 nitrogen and oxygen atoms in total. The second-order valence-electron chi connectivity index (χ2n) is 5.60. The summed E-state index contributed by atoms with van der Waals surface area (Å²) in [7, 11) is 0. The van der Waals surface area contributed by atoms with Gasteiger partial charge in [0.05, 0.1) is 12.9 Å². The molecule has 1 fully saturated rings. The van der Waals surface area contributed by atoms with Gasteiger partial charge in [-0.2, -0.15) is 0 Å². The number of hydroxylamine groups is 1. The normalized spacial score (nSPS) is 26.7. The SMILES string of the molecule is Nc1c(C(=O)NC(C/[N+]([O-])=N/[O-])C(=O)O)ncn1[C@@H]1O[C@H](CO)[C@@H](O)[C@H]1O. The molecule has 1 aliphatic heterocycles. The first-order valence-corrected chi connectivity index (χ1v) is 7.47. The molecule has 0 saturated carbocycles. The molecule has 1 saturated heterocycles. The van der Waals surface area contributed by atoms with Crippen LogP contribution >= 0.6 is 0 Å². The van der Waals surface area contributed by atoms with E-state index >= 15 is 0 Å². The summed E-state index contributed by atoms with van der Waals surface area (Å²) < 4.78 is 6.27. The molecule has 1 aromatic heterocycles. The number of nitrogens with one attached hydrogen (secondary N) is 1. The number of carboxylic acid groups (broad SMARTS) is 1. The number of amides is 1. The third-order valence-corrected chi connectivity index (χ3v) is 3.87. The number of hydrogen-bond donors (Lipinski definition) is 6. The van der Waals surface area contributed by atoms with E-state index < -0.39 is 66.2 Å². The van der Waals surface area contributed by atoms with E-state index in [2.05, 4.69) is 4.98 Å². The number of imidazole rings is 1. The lowest BCUT2D eigenvalue weighted by molar-refractivity contribution is -0.527. The number of hydrogen-bond acceptors (Lipinski definition) is 11. The van der Waals surface area contributed by atoms with Gasteiger partial charge >= 0.3 is 5.97 Å². The van der Waals surface area contributed by atoms with Crippen molar-refractivity contribution in [3.8, 4) is 0 Å². The minimum absolute atomic E-state index is 0.334. The van der Waals surface area contributed by atoms with E-state index in [4.69, 9.17) is 20.7 Å². The van der Waals surface area contributed by atoms with Gasteiger partial charge in [-0.1, -0.05) is 4.86 Å². The average Bonchev–Trinajstić information content (AvgIpc) is 3.14. The quantitative estimate of drug-likeness (QED) is 0.153. The molecule has 1 amide bonds. The Morgan fingerprint density at radius 1 is 1.48 bits per heavy atom. The summed E-state index contributed by atoms with van der Waals surface area (Å²) in [5, 5.41) is 62.7. The van der Waals surface area contributed by atoms with Crippen molar-refractivity contribution in [3.05, 3.63) is 22.4 Å². The van der Waals surface area contributed by atoms with Gasteiger partial charge in [0.1, 0.15) is 24.1 Å². The van der Waals surface area contributed by atoms with Gasteiger partial charge in [0.2, 0.25) is 6.54 Å². The largest absolute Gasteiger partial charge is 0.739 e. The van der Waals surface area contributed by atoms with Gasteiger partial charge in [-0.25, -0.2) is 9.78 Å². The molecule has 7 N–H and O–H groups in total. The molecule has 1 aliphatic rings. The van der Waals surface area contributed by atoms with Gasteiger partial charge in [-0.15, -0.1) is 0 Å². The van der Waals surface area contributed by atoms with Crippen molar-refractivity contribution in [2.24, 2.45) is 5.28 Å². The molecule has 5 atom stereocenters. The molecular formula is C12H17N6O9-. The van der Waals surface area contributed by atoms with Crippen LogP contribution in [0.15, 0.2) is 11.6 Å². The molecule has 0 spiro atoms. The van der Waals surface area contributed by atoms with Crippen molar-refractivity contribution in [2.45, 2.75) is 30.6 Å². The van der Waals surface area contributed by atoms with E-state index in [-0.39, 0.29) is 5.82 Å². The van der Waals surface area contributed by atoms with Gasteiger partial charge in [-0.3, -0.25) is 9.36 Å². The second kappa shape index (κ2) is 8.12. The Kier molecular flexibility index (Phi) is 6.11. The summed E-state index contributed by atoms with van der Waals surface area (Å²) in [4.78, 5) is 26.5. The fraction of sp³-hybridized carbons (Fsp3) is 0.583. The van der Waals surface area contributed by atoms with Gasteiger partial charge in [0.15, 0.2) is 18.0 Å². The standard InChI is InChI=1S/C12H18N6O9/c13-9-6(10(22)15-4(12(23)24)1-18(26)16-25)14-3-17(9)11-8(21)7(20)5(2-19)27-11/h3-5,7-8,11,19-21,25H,1-2,13H2,(H,15,22)(H,23,24)/p-1/b18-16-/t4?,5-,7-,8-,11-/m1/s1. The predicted octanol–water partition coefficient (Wildman–Crippen LogP) is -3.28. The number of ether oxygens (including phenoxy) is 1. The average molecular weight is 389 g/mol. The van der Waals surface area contributed by atoms with Crippen LogP contribution in [0.2, 0.25) is 0 Å². The summed E-state index contributed by atoms with van der Waals surface area (Å²) in [6.45, 7) is -1.52. The van der Waals surface area contributed by atoms with Gasteiger partial charge in [0, 0.05) is 0 Å². The first kappa shape index (κ1) is 20.3. The summed E-state index contributed by atoms with van der Waals surface area (Å²) >= 11 is 0. The highest BCUT2D eigenvalue weighted by atomic mass is 16.6. The molecule has 0 bridgehead atoms. The predicted molar refractivity (Wildman–Crippen MR) is 82.8 cm³/mol. The molecule has 2 rings (SSSR count). The first-order chi connectivity index (χ1) is 12.7. The van der Waals surface area contributed by atoms with Gasteiger partial charge in [0.25, 0.3) is 5.91 Å². The maximum absolute atomic E-state index is 12.2. The highest BCUT2D eigenvalue weighted by molar-refractivity contribution is 5.98. The van der Waals surface area contributed by atoms with Crippen LogP contribution in [0.1, 0.15) is 16.7 Å². The lowest BCUT2D eigenvalue weighted by atomic mass is 10.1. The number of carboxylic acids is 1. The van der Waals surface area contributed by atoms with Crippen LogP contribution in [-0.2, 0) is 9.53 Å². The third-order valence-electron chi connectivity index (χ3n) is 3.87. The maximum atomic E-state index is 12.2. The Hall–Kier alpha value is -3.01. The van der Waals surface area contributed by atoms with Crippen molar-refractivity contribution in [2.75, 3.05) is 18.9 Å². The van der Waals surface area contributed by atoms with Crippen LogP contribution in [0.3, 0.4) is 0 Å². The number of aliphatic hydroxyl groups excluding tert-OH is 3. The van der Waals surface area contributed by atoms with Crippen LogP contribution in [0.4, 0.5) is 5.82 Å². The van der Waals surface area contributed by atoms with Gasteiger partial charge < -0.3 is 46.6 Å². The Morgan fingerprint density at radius 3 is 2.67 bits per heavy atom. The van der Waals surface area contributed by atoms with E-state index in [9.17, 15) is 30.2 Å². The van der Waals surface area contributed by atoms with Crippen LogP contribution in [-0.4, -0.2) is 84.2 Å². The molecule has 0 radical (unpaired) electrons. The third kappa shape index (κ3) is 4.05. The number of aromatic nitrogens is 2. The Morgan fingerprint density at radius 2 is 2.15 bits per heavy atom. The number of rotatable bonds is 7.